The first-order valence-corrected chi connectivity index (χ1v) is 15.7. The zero-order chi connectivity index (χ0) is 27.1. The maximum absolute atomic E-state index is 12.5. The van der Waals surface area contributed by atoms with Crippen LogP contribution in [0.2, 0.25) is 0 Å². The molecule has 38 heavy (non-hydrogen) atoms. The van der Waals surface area contributed by atoms with Crippen LogP contribution in [0.3, 0.4) is 0 Å². The molecule has 4 aliphatic carbocycles. The van der Waals surface area contributed by atoms with Crippen molar-refractivity contribution in [3.63, 3.8) is 0 Å². The van der Waals surface area contributed by atoms with E-state index in [1.165, 1.54) is 44.9 Å². The van der Waals surface area contributed by atoms with Gasteiger partial charge in [-0.25, -0.2) is 0 Å². The van der Waals surface area contributed by atoms with Crippen LogP contribution in [0.15, 0.2) is 35.5 Å². The van der Waals surface area contributed by atoms with Gasteiger partial charge in [0.1, 0.15) is 6.61 Å². The number of aliphatic hydroxyl groups excluding tert-OH is 1. The second kappa shape index (κ2) is 10.9. The fraction of sp³-hybridized carbons (Fsp3) is 0.794. The van der Waals surface area contributed by atoms with E-state index in [-0.39, 0.29) is 11.3 Å². The Morgan fingerprint density at radius 1 is 1.00 bits per heavy atom. The van der Waals surface area contributed by atoms with E-state index in [2.05, 4.69) is 51.9 Å². The Balaban J connectivity index is 1.40. The van der Waals surface area contributed by atoms with E-state index in [0.717, 1.165) is 36.2 Å². The molecule has 0 aromatic heterocycles. The highest BCUT2D eigenvalue weighted by molar-refractivity contribution is 5.64. The second-order valence-corrected chi connectivity index (χ2v) is 14.6. The highest BCUT2D eigenvalue weighted by Crippen LogP contribution is 2.72. The Labute approximate surface area is 231 Å². The van der Waals surface area contributed by atoms with Gasteiger partial charge >= 0.3 is 0 Å². The third kappa shape index (κ3) is 4.76. The third-order valence-electron chi connectivity index (χ3n) is 12.2. The molecule has 4 nitrogen and oxygen atoms in total. The first-order valence-electron chi connectivity index (χ1n) is 15.7. The SMILES string of the molecule is CC(C)CCC[C@@H](C)[C@H]1CC[C@H]2[C@@H]3[C@@H](/C=N/OCc4ccccc4)[C@]4(O)C[C@@H](O)CC[C@]4(C)[C@H]3CC[C@]12C. The molecule has 4 heteroatoms. The van der Waals surface area contributed by atoms with E-state index in [1.54, 1.807) is 0 Å². The predicted octanol–water partition coefficient (Wildman–Crippen LogP) is 7.62. The van der Waals surface area contributed by atoms with E-state index in [4.69, 9.17) is 4.84 Å². The van der Waals surface area contributed by atoms with Gasteiger partial charge in [0.2, 0.25) is 0 Å². The van der Waals surface area contributed by atoms with Crippen molar-refractivity contribution in [3.8, 4) is 0 Å². The normalized spacial score (nSPS) is 43.2. The number of aliphatic hydroxyl groups is 2. The molecule has 1 aromatic rings. The van der Waals surface area contributed by atoms with Gasteiger partial charge in [0, 0.05) is 17.8 Å². The molecule has 0 unspecified atom stereocenters. The summed E-state index contributed by atoms with van der Waals surface area (Å²) in [5, 5.41) is 27.7. The zero-order valence-electron chi connectivity index (χ0n) is 24.6. The maximum Gasteiger partial charge on any atom is 0.142 e. The molecule has 0 aliphatic heterocycles. The molecule has 4 aliphatic rings. The minimum absolute atomic E-state index is 0.0668. The highest BCUT2D eigenvalue weighted by atomic mass is 16.6. The molecule has 212 valence electrons. The summed E-state index contributed by atoms with van der Waals surface area (Å²) in [6.07, 6.45) is 12.8. The molecule has 0 saturated heterocycles. The number of rotatable bonds is 9. The fourth-order valence-corrected chi connectivity index (χ4v) is 10.2. The molecule has 4 fully saturated rings. The van der Waals surface area contributed by atoms with Crippen molar-refractivity contribution in [2.24, 2.45) is 57.4 Å². The van der Waals surface area contributed by atoms with E-state index >= 15 is 0 Å². The molecular formula is C34H53NO3. The molecular weight excluding hydrogens is 470 g/mol. The van der Waals surface area contributed by atoms with Gasteiger partial charge in [0.25, 0.3) is 0 Å². The molecule has 10 atom stereocenters. The Bertz CT molecular complexity index is 964. The zero-order valence-corrected chi connectivity index (χ0v) is 24.6. The van der Waals surface area contributed by atoms with Crippen LogP contribution in [0.4, 0.5) is 0 Å². The van der Waals surface area contributed by atoms with Gasteiger partial charge in [0.15, 0.2) is 0 Å². The van der Waals surface area contributed by atoms with Crippen LogP contribution >= 0.6 is 0 Å². The average Bonchev–Trinajstić information content (AvgIpc) is 3.32. The first kappa shape index (κ1) is 28.1. The Morgan fingerprint density at radius 3 is 2.50 bits per heavy atom. The summed E-state index contributed by atoms with van der Waals surface area (Å²) >= 11 is 0. The van der Waals surface area contributed by atoms with Gasteiger partial charge < -0.3 is 15.1 Å². The smallest absolute Gasteiger partial charge is 0.142 e. The molecule has 0 amide bonds. The summed E-state index contributed by atoms with van der Waals surface area (Å²) in [6.45, 7) is 12.6. The Morgan fingerprint density at radius 2 is 1.76 bits per heavy atom. The topological polar surface area (TPSA) is 62.0 Å². The summed E-state index contributed by atoms with van der Waals surface area (Å²) in [4.78, 5) is 5.80. The van der Waals surface area contributed by atoms with E-state index in [1.807, 2.05) is 24.4 Å². The summed E-state index contributed by atoms with van der Waals surface area (Å²) in [5.41, 5.74) is 0.330. The lowest BCUT2D eigenvalue weighted by Crippen LogP contribution is -2.54. The largest absolute Gasteiger partial charge is 0.393 e. The van der Waals surface area contributed by atoms with Crippen LogP contribution in [0, 0.1) is 52.3 Å². The third-order valence-corrected chi connectivity index (χ3v) is 12.2. The number of hydrogen-bond donors (Lipinski definition) is 2. The minimum Gasteiger partial charge on any atom is -0.393 e. The lowest BCUT2D eigenvalue weighted by atomic mass is 9.53. The van der Waals surface area contributed by atoms with Gasteiger partial charge in [-0.05, 0) is 85.0 Å². The summed E-state index contributed by atoms with van der Waals surface area (Å²) in [7, 11) is 0. The standard InChI is InChI=1S/C34H53NO3/c1-23(2)10-9-11-24(3)27-14-15-28-31-29(17-18-32(27,28)4)33(5)19-16-26(36)20-34(33,37)30(31)21-35-38-22-25-12-7-6-8-13-25/h6-8,12-13,21,23-24,26-31,36-37H,9-11,14-20,22H2,1-5H3/b35-21+/t24-,26+,27-,28+,29+,30-,31+,32-,33-,34-/m1/s1. The van der Waals surface area contributed by atoms with Gasteiger partial charge in [-0.1, -0.05) is 89.4 Å². The van der Waals surface area contributed by atoms with Gasteiger partial charge in [-0.15, -0.1) is 0 Å². The van der Waals surface area contributed by atoms with E-state index in [0.29, 0.717) is 36.2 Å². The molecule has 0 heterocycles. The quantitative estimate of drug-likeness (QED) is 0.258. The van der Waals surface area contributed by atoms with Crippen LogP contribution < -0.4 is 0 Å². The molecule has 0 radical (unpaired) electrons. The van der Waals surface area contributed by atoms with Crippen LogP contribution in [-0.4, -0.2) is 28.1 Å². The van der Waals surface area contributed by atoms with Crippen molar-refractivity contribution >= 4 is 6.21 Å². The summed E-state index contributed by atoms with van der Waals surface area (Å²) < 4.78 is 0. The maximum atomic E-state index is 12.5. The molecule has 1 aromatic carbocycles. The van der Waals surface area contributed by atoms with Crippen molar-refractivity contribution in [1.82, 2.24) is 0 Å². The van der Waals surface area contributed by atoms with Crippen LogP contribution in [0.1, 0.15) is 104 Å². The van der Waals surface area contributed by atoms with Crippen molar-refractivity contribution < 1.29 is 15.1 Å². The molecule has 4 saturated carbocycles. The number of hydrogen-bond acceptors (Lipinski definition) is 4. The lowest BCUT2D eigenvalue weighted by Gasteiger charge is -2.52. The van der Waals surface area contributed by atoms with Crippen molar-refractivity contribution in [2.45, 2.75) is 117 Å². The van der Waals surface area contributed by atoms with Crippen LogP contribution in [-0.2, 0) is 11.4 Å². The number of benzene rings is 1. The number of oxime groups is 1. The molecule has 2 N–H and O–H groups in total. The van der Waals surface area contributed by atoms with E-state index < -0.39 is 11.7 Å². The Kier molecular flexibility index (Phi) is 8.06. The van der Waals surface area contributed by atoms with Gasteiger partial charge in [-0.2, -0.15) is 0 Å². The molecule has 0 spiro atoms. The van der Waals surface area contributed by atoms with E-state index in [9.17, 15) is 10.2 Å². The predicted molar refractivity (Wildman–Crippen MR) is 155 cm³/mol. The van der Waals surface area contributed by atoms with Crippen LogP contribution in [0.25, 0.3) is 0 Å². The van der Waals surface area contributed by atoms with Gasteiger partial charge in [-0.3, -0.25) is 0 Å². The first-order chi connectivity index (χ1) is 18.1. The minimum atomic E-state index is -0.925. The van der Waals surface area contributed by atoms with Crippen molar-refractivity contribution in [2.75, 3.05) is 0 Å². The van der Waals surface area contributed by atoms with Gasteiger partial charge in [0.05, 0.1) is 17.9 Å². The second-order valence-electron chi connectivity index (χ2n) is 14.6. The monoisotopic (exact) mass is 523 g/mol. The summed E-state index contributed by atoms with van der Waals surface area (Å²) in [5.74, 6) is 3.74. The molecule has 5 rings (SSSR count). The fourth-order valence-electron chi connectivity index (χ4n) is 10.2. The number of nitrogens with zero attached hydrogens (tertiary/aromatic N) is 1. The lowest BCUT2D eigenvalue weighted by molar-refractivity contribution is -0.142. The highest BCUT2D eigenvalue weighted by Gasteiger charge is 2.71. The number of fused-ring (bicyclic) bond motifs is 5. The van der Waals surface area contributed by atoms with Crippen molar-refractivity contribution in [1.29, 1.82) is 0 Å². The summed E-state index contributed by atoms with van der Waals surface area (Å²) in [6, 6.07) is 10.2. The molecule has 0 bridgehead atoms. The van der Waals surface area contributed by atoms with Crippen molar-refractivity contribution in [3.05, 3.63) is 35.9 Å². The van der Waals surface area contributed by atoms with Crippen LogP contribution in [0.5, 0.6) is 0 Å². The average molecular weight is 524 g/mol. The Hall–Kier alpha value is -1.39.